The van der Waals surface area contributed by atoms with Crippen LogP contribution < -0.4 is 0 Å². The van der Waals surface area contributed by atoms with Crippen molar-refractivity contribution in [1.29, 1.82) is 0 Å². The van der Waals surface area contributed by atoms with Gasteiger partial charge in [0.05, 0.1) is 6.42 Å². The standard InChI is InChI=1S/C50H80O6/c1-4-7-10-13-16-19-21-23-25-27-28-31-34-37-40-43-49(52)55-46-47(45-54-48(51)42-39-36-33-30-18-15-12-9-6-3)56-50(53)44-41-38-35-32-29-26-24-22-20-17-14-11-8-5-2/h7-13,16-21,30,36,39,47H,4-6,14-15,22-29,31-35,37-38,40-46H2,1-3H3/b10-7-,11-8-,12-9-,16-13-,20-17-,21-19-,30-18-,39-36-. The Balaban J connectivity index is 4.46. The summed E-state index contributed by atoms with van der Waals surface area (Å²) in [4.78, 5) is 37.6. The predicted octanol–water partition coefficient (Wildman–Crippen LogP) is 14.2. The summed E-state index contributed by atoms with van der Waals surface area (Å²) in [6, 6.07) is 0. The lowest BCUT2D eigenvalue weighted by molar-refractivity contribution is -0.166. The third kappa shape index (κ3) is 41.5. The molecular weight excluding hydrogens is 697 g/mol. The topological polar surface area (TPSA) is 78.9 Å². The minimum absolute atomic E-state index is 0.116. The van der Waals surface area contributed by atoms with Gasteiger partial charge < -0.3 is 14.2 Å². The van der Waals surface area contributed by atoms with E-state index in [4.69, 9.17) is 14.2 Å². The molecule has 0 saturated heterocycles. The van der Waals surface area contributed by atoms with E-state index in [9.17, 15) is 14.4 Å². The molecule has 0 aliphatic rings. The van der Waals surface area contributed by atoms with Gasteiger partial charge in [-0.25, -0.2) is 0 Å². The summed E-state index contributed by atoms with van der Waals surface area (Å²) < 4.78 is 16.6. The molecule has 0 bridgehead atoms. The second-order valence-corrected chi connectivity index (χ2v) is 14.2. The van der Waals surface area contributed by atoms with Gasteiger partial charge in [0, 0.05) is 12.8 Å². The molecule has 56 heavy (non-hydrogen) atoms. The van der Waals surface area contributed by atoms with Crippen molar-refractivity contribution >= 4 is 17.9 Å². The van der Waals surface area contributed by atoms with Crippen LogP contribution in [-0.4, -0.2) is 37.2 Å². The van der Waals surface area contributed by atoms with Gasteiger partial charge in [-0.05, 0) is 77.0 Å². The number of unbranched alkanes of at least 4 members (excludes halogenated alkanes) is 14. The summed E-state index contributed by atoms with van der Waals surface area (Å²) in [6.07, 6.45) is 57.1. The van der Waals surface area contributed by atoms with Crippen LogP contribution in [0.25, 0.3) is 0 Å². The van der Waals surface area contributed by atoms with Crippen LogP contribution in [0.4, 0.5) is 0 Å². The number of carbonyl (C=O) groups is 3. The molecule has 0 saturated carbocycles. The molecule has 316 valence electrons. The van der Waals surface area contributed by atoms with Crippen LogP contribution in [0.2, 0.25) is 0 Å². The van der Waals surface area contributed by atoms with E-state index in [1.807, 2.05) is 6.08 Å². The van der Waals surface area contributed by atoms with E-state index < -0.39 is 12.1 Å². The molecule has 1 unspecified atom stereocenters. The molecule has 6 heteroatoms. The Hall–Kier alpha value is -3.67. The molecule has 0 aromatic carbocycles. The van der Waals surface area contributed by atoms with Crippen molar-refractivity contribution in [2.75, 3.05) is 13.2 Å². The van der Waals surface area contributed by atoms with Gasteiger partial charge in [0.2, 0.25) is 0 Å². The Morgan fingerprint density at radius 2 is 0.804 bits per heavy atom. The van der Waals surface area contributed by atoms with Crippen LogP contribution in [0.5, 0.6) is 0 Å². The highest BCUT2D eigenvalue weighted by molar-refractivity contribution is 5.72. The quantitative estimate of drug-likeness (QED) is 0.0204. The average molecular weight is 777 g/mol. The van der Waals surface area contributed by atoms with Gasteiger partial charge in [-0.3, -0.25) is 14.4 Å². The van der Waals surface area contributed by atoms with Gasteiger partial charge in [0.1, 0.15) is 13.2 Å². The molecule has 0 fully saturated rings. The van der Waals surface area contributed by atoms with Crippen molar-refractivity contribution in [3.63, 3.8) is 0 Å². The zero-order chi connectivity index (χ0) is 40.8. The molecule has 0 aliphatic heterocycles. The molecule has 6 nitrogen and oxygen atoms in total. The summed E-state index contributed by atoms with van der Waals surface area (Å²) in [5.41, 5.74) is 0. The van der Waals surface area contributed by atoms with Gasteiger partial charge in [0.15, 0.2) is 6.10 Å². The average Bonchev–Trinajstić information content (AvgIpc) is 3.19. The third-order valence-corrected chi connectivity index (χ3v) is 8.91. The first-order chi connectivity index (χ1) is 27.5. The van der Waals surface area contributed by atoms with Gasteiger partial charge in [0.25, 0.3) is 0 Å². The highest BCUT2D eigenvalue weighted by Gasteiger charge is 2.19. The Kier molecular flexibility index (Phi) is 41.2. The van der Waals surface area contributed by atoms with Gasteiger partial charge >= 0.3 is 17.9 Å². The first kappa shape index (κ1) is 52.3. The number of esters is 3. The Labute approximate surface area is 343 Å². The number of rotatable bonds is 38. The zero-order valence-corrected chi connectivity index (χ0v) is 35.9. The summed E-state index contributed by atoms with van der Waals surface area (Å²) in [6.45, 7) is 6.14. The highest BCUT2D eigenvalue weighted by atomic mass is 16.6. The Morgan fingerprint density at radius 3 is 1.36 bits per heavy atom. The van der Waals surface area contributed by atoms with Crippen LogP contribution in [0.1, 0.15) is 181 Å². The molecule has 0 aromatic heterocycles. The smallest absolute Gasteiger partial charge is 0.309 e. The summed E-state index contributed by atoms with van der Waals surface area (Å²) in [5.74, 6) is -1.08. The van der Waals surface area contributed by atoms with Crippen molar-refractivity contribution < 1.29 is 28.6 Å². The second-order valence-electron chi connectivity index (χ2n) is 14.2. The number of carbonyl (C=O) groups excluding carboxylic acids is 3. The largest absolute Gasteiger partial charge is 0.462 e. The SMILES string of the molecule is CC\C=C/C=C\C=C/CCCCCCCCCC(=O)OCC(COC(=O)C/C=C\C/C=C\C/C=C\CC)OC(=O)CCCCCCCCC/C=C\C/C=C\CC. The van der Waals surface area contributed by atoms with E-state index in [0.29, 0.717) is 12.8 Å². The van der Waals surface area contributed by atoms with Crippen molar-refractivity contribution in [1.82, 2.24) is 0 Å². The summed E-state index contributed by atoms with van der Waals surface area (Å²) in [7, 11) is 0. The molecule has 0 N–H and O–H groups in total. The molecule has 0 aromatic rings. The molecular formula is C50H80O6. The number of hydrogen-bond donors (Lipinski definition) is 0. The molecule has 0 amide bonds. The fraction of sp³-hybridized carbons (Fsp3) is 0.620. The summed E-state index contributed by atoms with van der Waals surface area (Å²) >= 11 is 0. The van der Waals surface area contributed by atoms with Crippen molar-refractivity contribution in [2.45, 2.75) is 187 Å². The van der Waals surface area contributed by atoms with E-state index in [-0.39, 0.29) is 31.6 Å². The van der Waals surface area contributed by atoms with Crippen molar-refractivity contribution in [3.8, 4) is 0 Å². The minimum atomic E-state index is -0.820. The van der Waals surface area contributed by atoms with Gasteiger partial charge in [-0.15, -0.1) is 0 Å². The molecule has 0 radical (unpaired) electrons. The van der Waals surface area contributed by atoms with E-state index in [1.165, 1.54) is 51.4 Å². The van der Waals surface area contributed by atoms with Crippen molar-refractivity contribution in [3.05, 3.63) is 97.2 Å². The molecule has 1 atom stereocenters. The summed E-state index contributed by atoms with van der Waals surface area (Å²) in [5, 5.41) is 0. The normalized spacial score (nSPS) is 13.0. The number of ether oxygens (including phenoxy) is 3. The van der Waals surface area contributed by atoms with E-state index in [1.54, 1.807) is 6.08 Å². The predicted molar refractivity (Wildman–Crippen MR) is 237 cm³/mol. The maximum Gasteiger partial charge on any atom is 0.309 e. The van der Waals surface area contributed by atoms with E-state index in [0.717, 1.165) is 89.9 Å². The van der Waals surface area contributed by atoms with Gasteiger partial charge in [-0.2, -0.15) is 0 Å². The second kappa shape index (κ2) is 44.0. The van der Waals surface area contributed by atoms with E-state index in [2.05, 4.69) is 106 Å². The molecule has 0 heterocycles. The van der Waals surface area contributed by atoms with Crippen LogP contribution in [0.3, 0.4) is 0 Å². The minimum Gasteiger partial charge on any atom is -0.462 e. The van der Waals surface area contributed by atoms with Crippen LogP contribution in [0, 0.1) is 0 Å². The third-order valence-electron chi connectivity index (χ3n) is 8.91. The monoisotopic (exact) mass is 777 g/mol. The maximum absolute atomic E-state index is 12.7. The van der Waals surface area contributed by atoms with Gasteiger partial charge in [-0.1, -0.05) is 182 Å². The Bertz CT molecular complexity index is 1170. The molecule has 0 aliphatic carbocycles. The fourth-order valence-electron chi connectivity index (χ4n) is 5.66. The molecule has 0 rings (SSSR count). The Morgan fingerprint density at radius 1 is 0.393 bits per heavy atom. The lowest BCUT2D eigenvalue weighted by Crippen LogP contribution is -2.30. The number of allylic oxidation sites excluding steroid dienone is 15. The number of hydrogen-bond acceptors (Lipinski definition) is 6. The zero-order valence-electron chi connectivity index (χ0n) is 35.9. The first-order valence-electron chi connectivity index (χ1n) is 22.3. The maximum atomic E-state index is 12.7. The van der Waals surface area contributed by atoms with Crippen molar-refractivity contribution in [2.24, 2.45) is 0 Å². The molecule has 0 spiro atoms. The van der Waals surface area contributed by atoms with Crippen LogP contribution >= 0.6 is 0 Å². The lowest BCUT2D eigenvalue weighted by atomic mass is 10.1. The highest BCUT2D eigenvalue weighted by Crippen LogP contribution is 2.13. The van der Waals surface area contributed by atoms with Crippen LogP contribution in [0.15, 0.2) is 97.2 Å². The fourth-order valence-corrected chi connectivity index (χ4v) is 5.66. The van der Waals surface area contributed by atoms with Crippen LogP contribution in [-0.2, 0) is 28.6 Å². The lowest BCUT2D eigenvalue weighted by Gasteiger charge is -2.18. The van der Waals surface area contributed by atoms with E-state index >= 15 is 0 Å². The first-order valence-corrected chi connectivity index (χ1v) is 22.3.